The Morgan fingerprint density at radius 3 is 2.79 bits per heavy atom. The second-order valence-electron chi connectivity index (χ2n) is 4.84. The maximum Gasteiger partial charge on any atom is 0.0414 e. The molecule has 2 heteroatoms. The molecule has 1 aromatic heterocycles. The summed E-state index contributed by atoms with van der Waals surface area (Å²) in [5, 5.41) is 0. The first-order valence-electron chi connectivity index (χ1n) is 5.13. The molecule has 0 spiro atoms. The van der Waals surface area contributed by atoms with Crippen LogP contribution in [0.2, 0.25) is 0 Å². The Kier molecular flexibility index (Phi) is 2.65. The molecule has 0 aliphatic heterocycles. The highest BCUT2D eigenvalue weighted by atomic mass is 79.9. The number of nitrogens with zero attached hydrogens (tertiary/aromatic N) is 1. The lowest BCUT2D eigenvalue weighted by atomic mass is 10.1. The zero-order valence-corrected chi connectivity index (χ0v) is 10.3. The van der Waals surface area contributed by atoms with Gasteiger partial charge in [-0.2, -0.15) is 0 Å². The maximum atomic E-state index is 4.35. The third kappa shape index (κ3) is 2.17. The Hall–Kier alpha value is -0.370. The van der Waals surface area contributed by atoms with Crippen LogP contribution < -0.4 is 0 Å². The first-order chi connectivity index (χ1) is 6.59. The van der Waals surface area contributed by atoms with Gasteiger partial charge in [0, 0.05) is 23.1 Å². The summed E-state index contributed by atoms with van der Waals surface area (Å²) in [4.78, 5) is 4.94. The number of hydrogen-bond donors (Lipinski definition) is 0. The molecule has 0 aromatic carbocycles. The van der Waals surface area contributed by atoms with Gasteiger partial charge < -0.3 is 0 Å². The molecule has 1 heterocycles. The summed E-state index contributed by atoms with van der Waals surface area (Å²) in [5.74, 6) is 0.824. The highest BCUT2D eigenvalue weighted by molar-refractivity contribution is 9.09. The number of aromatic nitrogens is 1. The van der Waals surface area contributed by atoms with Crippen molar-refractivity contribution in [3.63, 3.8) is 0 Å². The molecule has 1 nitrogen and oxygen atoms in total. The van der Waals surface area contributed by atoms with E-state index in [0.29, 0.717) is 10.2 Å². The third-order valence-corrected chi connectivity index (χ3v) is 4.12. The van der Waals surface area contributed by atoms with Crippen LogP contribution in [-0.2, 0) is 6.42 Å². The fraction of sp³-hybridized carbons (Fsp3) is 0.583. The van der Waals surface area contributed by atoms with Crippen LogP contribution in [0.25, 0.3) is 0 Å². The van der Waals surface area contributed by atoms with E-state index in [1.54, 1.807) is 0 Å². The first kappa shape index (κ1) is 10.2. The molecule has 76 valence electrons. The van der Waals surface area contributed by atoms with Crippen LogP contribution in [-0.4, -0.2) is 9.81 Å². The fourth-order valence-electron chi connectivity index (χ4n) is 1.99. The number of halogens is 1. The molecule has 2 rings (SSSR count). The Labute approximate surface area is 94.1 Å². The zero-order valence-electron chi connectivity index (χ0n) is 8.70. The molecule has 1 fully saturated rings. The van der Waals surface area contributed by atoms with E-state index >= 15 is 0 Å². The normalized spacial score (nSPS) is 25.8. The lowest BCUT2D eigenvalue weighted by molar-refractivity contribution is 0.544. The van der Waals surface area contributed by atoms with E-state index in [4.69, 9.17) is 0 Å². The molecule has 0 bridgehead atoms. The van der Waals surface area contributed by atoms with Gasteiger partial charge in [-0.1, -0.05) is 35.8 Å². The second kappa shape index (κ2) is 3.65. The Bertz CT molecular complexity index is 307. The van der Waals surface area contributed by atoms with Crippen molar-refractivity contribution in [2.75, 3.05) is 0 Å². The van der Waals surface area contributed by atoms with Gasteiger partial charge in [0.05, 0.1) is 0 Å². The smallest absolute Gasteiger partial charge is 0.0414 e. The van der Waals surface area contributed by atoms with Gasteiger partial charge in [0.25, 0.3) is 0 Å². The molecule has 0 amide bonds. The van der Waals surface area contributed by atoms with E-state index in [9.17, 15) is 0 Å². The largest absolute Gasteiger partial charge is 0.261 e. The average Bonchev–Trinajstić information content (AvgIpc) is 2.77. The fourth-order valence-corrected chi connectivity index (χ4v) is 3.22. The molecule has 1 aromatic rings. The average molecular weight is 254 g/mol. The van der Waals surface area contributed by atoms with Crippen molar-refractivity contribution in [3.05, 3.63) is 30.1 Å². The van der Waals surface area contributed by atoms with Crippen LogP contribution in [0.15, 0.2) is 24.4 Å². The van der Waals surface area contributed by atoms with Crippen molar-refractivity contribution in [1.29, 1.82) is 0 Å². The summed E-state index contributed by atoms with van der Waals surface area (Å²) in [6, 6.07) is 6.12. The molecule has 0 saturated heterocycles. The van der Waals surface area contributed by atoms with Gasteiger partial charge in [0.15, 0.2) is 0 Å². The molecule has 1 aliphatic carbocycles. The Balaban J connectivity index is 1.93. The molecular weight excluding hydrogens is 238 g/mol. The molecule has 1 aliphatic rings. The summed E-state index contributed by atoms with van der Waals surface area (Å²) < 4.78 is 0. The Morgan fingerprint density at radius 2 is 2.29 bits per heavy atom. The van der Waals surface area contributed by atoms with Gasteiger partial charge >= 0.3 is 0 Å². The molecule has 14 heavy (non-hydrogen) atoms. The molecule has 0 radical (unpaired) electrons. The van der Waals surface area contributed by atoms with E-state index in [2.05, 4.69) is 46.9 Å². The van der Waals surface area contributed by atoms with Crippen molar-refractivity contribution >= 4 is 15.9 Å². The van der Waals surface area contributed by atoms with Gasteiger partial charge in [0.2, 0.25) is 0 Å². The van der Waals surface area contributed by atoms with Crippen LogP contribution >= 0.6 is 15.9 Å². The van der Waals surface area contributed by atoms with Crippen molar-refractivity contribution in [2.24, 2.45) is 11.3 Å². The lowest BCUT2D eigenvalue weighted by Gasteiger charge is -2.10. The van der Waals surface area contributed by atoms with Gasteiger partial charge in [0.1, 0.15) is 0 Å². The monoisotopic (exact) mass is 253 g/mol. The van der Waals surface area contributed by atoms with Gasteiger partial charge in [-0.25, -0.2) is 0 Å². The minimum Gasteiger partial charge on any atom is -0.261 e. The van der Waals surface area contributed by atoms with Gasteiger partial charge in [-0.05, 0) is 29.9 Å². The van der Waals surface area contributed by atoms with Gasteiger partial charge in [-0.3, -0.25) is 4.98 Å². The maximum absolute atomic E-state index is 4.35. The van der Waals surface area contributed by atoms with Crippen LogP contribution in [0.4, 0.5) is 0 Å². The molecular formula is C12H16BrN. The lowest BCUT2D eigenvalue weighted by Crippen LogP contribution is -2.10. The second-order valence-corrected chi connectivity index (χ2v) is 6.02. The predicted molar refractivity (Wildman–Crippen MR) is 62.5 cm³/mol. The van der Waals surface area contributed by atoms with Crippen molar-refractivity contribution in [3.8, 4) is 0 Å². The van der Waals surface area contributed by atoms with Crippen molar-refractivity contribution < 1.29 is 0 Å². The Morgan fingerprint density at radius 1 is 1.57 bits per heavy atom. The highest BCUT2D eigenvalue weighted by Crippen LogP contribution is 2.55. The summed E-state index contributed by atoms with van der Waals surface area (Å²) in [5.41, 5.74) is 1.74. The summed E-state index contributed by atoms with van der Waals surface area (Å²) in [7, 11) is 0. The quantitative estimate of drug-likeness (QED) is 0.753. The van der Waals surface area contributed by atoms with E-state index in [-0.39, 0.29) is 0 Å². The summed E-state index contributed by atoms with van der Waals surface area (Å²) in [6.45, 7) is 4.68. The topological polar surface area (TPSA) is 12.9 Å². The number of hydrogen-bond acceptors (Lipinski definition) is 1. The summed E-state index contributed by atoms with van der Waals surface area (Å²) >= 11 is 3.78. The van der Waals surface area contributed by atoms with E-state index in [0.717, 1.165) is 12.3 Å². The van der Waals surface area contributed by atoms with Crippen LogP contribution in [0.3, 0.4) is 0 Å². The van der Waals surface area contributed by atoms with E-state index in [1.807, 2.05) is 12.3 Å². The van der Waals surface area contributed by atoms with Gasteiger partial charge in [-0.15, -0.1) is 0 Å². The molecule has 0 N–H and O–H groups in total. The molecule has 2 atom stereocenters. The third-order valence-electron chi connectivity index (χ3n) is 3.16. The predicted octanol–water partition coefficient (Wildman–Crippen LogP) is 3.43. The van der Waals surface area contributed by atoms with E-state index < -0.39 is 0 Å². The molecule has 2 unspecified atom stereocenters. The van der Waals surface area contributed by atoms with Crippen molar-refractivity contribution in [1.82, 2.24) is 4.98 Å². The minimum absolute atomic E-state index is 0.545. The standard InChI is InChI=1S/C12H16BrN/c1-12(2)8-10(12)11(13)7-9-5-3-4-6-14-9/h3-6,10-11H,7-8H2,1-2H3. The minimum atomic E-state index is 0.545. The van der Waals surface area contributed by atoms with Crippen molar-refractivity contribution in [2.45, 2.75) is 31.5 Å². The number of rotatable bonds is 3. The molecule has 1 saturated carbocycles. The van der Waals surface area contributed by atoms with Crippen LogP contribution in [0.5, 0.6) is 0 Å². The zero-order chi connectivity index (χ0) is 10.2. The highest BCUT2D eigenvalue weighted by Gasteiger charge is 2.49. The number of alkyl halides is 1. The van der Waals surface area contributed by atoms with Crippen LogP contribution in [0, 0.1) is 11.3 Å². The SMILES string of the molecule is CC1(C)CC1C(Br)Cc1ccccn1. The first-order valence-corrected chi connectivity index (χ1v) is 6.05. The van der Waals surface area contributed by atoms with Crippen LogP contribution in [0.1, 0.15) is 26.0 Å². The van der Waals surface area contributed by atoms with E-state index in [1.165, 1.54) is 12.1 Å². The number of pyridine rings is 1. The summed E-state index contributed by atoms with van der Waals surface area (Å²) in [6.07, 6.45) is 4.26.